The predicted octanol–water partition coefficient (Wildman–Crippen LogP) is 6.04. The molecule has 0 spiro atoms. The molecule has 1 fully saturated rings. The topological polar surface area (TPSA) is 48.1 Å². The molecule has 0 bridgehead atoms. The van der Waals surface area contributed by atoms with E-state index in [0.717, 1.165) is 24.1 Å². The van der Waals surface area contributed by atoms with Crippen LogP contribution in [0.4, 0.5) is 21.9 Å². The van der Waals surface area contributed by atoms with Gasteiger partial charge in [0.1, 0.15) is 0 Å². The van der Waals surface area contributed by atoms with Gasteiger partial charge in [0.05, 0.1) is 12.6 Å². The largest absolute Gasteiger partial charge is 0.365 e. The molecule has 2 atom stereocenters. The van der Waals surface area contributed by atoms with Crippen LogP contribution in [0.15, 0.2) is 72.8 Å². The lowest BCUT2D eigenvalue weighted by molar-refractivity contribution is 0.0373. The fourth-order valence-electron chi connectivity index (χ4n) is 4.37. The SMILES string of the molecule is [C-]#[N+]c1cccc(C2(O)[C@@H](C)N(c3ccc(CC)cc3)C(=O)N2c2ccc(CC)cc2)c1. The van der Waals surface area contributed by atoms with Crippen molar-refractivity contribution in [3.8, 4) is 0 Å². The van der Waals surface area contributed by atoms with Gasteiger partial charge < -0.3 is 5.11 Å². The molecule has 1 unspecified atom stereocenters. The predicted molar refractivity (Wildman–Crippen MR) is 128 cm³/mol. The van der Waals surface area contributed by atoms with Gasteiger partial charge in [-0.15, -0.1) is 0 Å². The second kappa shape index (κ2) is 8.49. The van der Waals surface area contributed by atoms with Crippen LogP contribution >= 0.6 is 0 Å². The first kappa shape index (κ1) is 21.6. The van der Waals surface area contributed by atoms with E-state index in [4.69, 9.17) is 6.57 Å². The van der Waals surface area contributed by atoms with Gasteiger partial charge >= 0.3 is 6.03 Å². The third-order valence-electron chi connectivity index (χ3n) is 6.33. The lowest BCUT2D eigenvalue weighted by Gasteiger charge is -2.36. The number of nitrogens with zero attached hydrogens (tertiary/aromatic N) is 3. The van der Waals surface area contributed by atoms with Gasteiger partial charge in [0, 0.05) is 11.4 Å². The third kappa shape index (κ3) is 3.43. The number of anilines is 2. The number of amides is 2. The number of hydrogen-bond acceptors (Lipinski definition) is 2. The normalized spacial score (nSPS) is 20.5. The summed E-state index contributed by atoms with van der Waals surface area (Å²) in [6, 6.07) is 21.5. The van der Waals surface area contributed by atoms with E-state index in [9.17, 15) is 9.90 Å². The summed E-state index contributed by atoms with van der Waals surface area (Å²) in [4.78, 5) is 20.4. The average molecular weight is 426 g/mol. The summed E-state index contributed by atoms with van der Waals surface area (Å²) in [6.45, 7) is 13.4. The number of hydrogen-bond donors (Lipinski definition) is 1. The van der Waals surface area contributed by atoms with Crippen LogP contribution in [0.3, 0.4) is 0 Å². The summed E-state index contributed by atoms with van der Waals surface area (Å²) in [5, 5.41) is 12.2. The number of aliphatic hydroxyl groups is 1. The van der Waals surface area contributed by atoms with Crippen molar-refractivity contribution >= 4 is 23.1 Å². The van der Waals surface area contributed by atoms with Crippen molar-refractivity contribution in [2.75, 3.05) is 9.80 Å². The van der Waals surface area contributed by atoms with E-state index in [1.54, 1.807) is 29.2 Å². The Morgan fingerprint density at radius 2 is 1.50 bits per heavy atom. The van der Waals surface area contributed by atoms with Gasteiger partial charge in [0.25, 0.3) is 0 Å². The molecule has 0 radical (unpaired) electrons. The number of rotatable bonds is 5. The minimum atomic E-state index is -1.64. The van der Waals surface area contributed by atoms with Crippen LogP contribution in [-0.2, 0) is 18.6 Å². The summed E-state index contributed by atoms with van der Waals surface area (Å²) in [5.74, 6) is 0. The summed E-state index contributed by atoms with van der Waals surface area (Å²) in [7, 11) is 0. The second-order valence-electron chi connectivity index (χ2n) is 8.09. The van der Waals surface area contributed by atoms with E-state index in [-0.39, 0.29) is 6.03 Å². The maximum Gasteiger partial charge on any atom is 0.332 e. The Morgan fingerprint density at radius 3 is 2.03 bits per heavy atom. The summed E-state index contributed by atoms with van der Waals surface area (Å²) < 4.78 is 0. The highest BCUT2D eigenvalue weighted by atomic mass is 16.3. The van der Waals surface area contributed by atoms with Crippen LogP contribution in [0.25, 0.3) is 4.85 Å². The van der Waals surface area contributed by atoms with Crippen LogP contribution in [0.2, 0.25) is 0 Å². The Balaban J connectivity index is 1.88. The first-order valence-electron chi connectivity index (χ1n) is 11.0. The Labute approximate surface area is 189 Å². The molecule has 32 heavy (non-hydrogen) atoms. The Morgan fingerprint density at radius 1 is 0.938 bits per heavy atom. The molecule has 5 heteroatoms. The van der Waals surface area contributed by atoms with Crippen molar-refractivity contribution in [2.45, 2.75) is 45.4 Å². The molecular formula is C27H27N3O2. The molecule has 3 aromatic rings. The molecule has 1 N–H and O–H groups in total. The smallest absolute Gasteiger partial charge is 0.332 e. The third-order valence-corrected chi connectivity index (χ3v) is 6.33. The minimum Gasteiger partial charge on any atom is -0.365 e. The number of benzene rings is 3. The van der Waals surface area contributed by atoms with Crippen molar-refractivity contribution in [3.63, 3.8) is 0 Å². The number of carbonyl (C=O) groups is 1. The number of aryl methyl sites for hydroxylation is 2. The molecule has 1 saturated heterocycles. The van der Waals surface area contributed by atoms with Gasteiger partial charge in [-0.05, 0) is 66.8 Å². The zero-order valence-electron chi connectivity index (χ0n) is 18.6. The van der Waals surface area contributed by atoms with Crippen LogP contribution in [0.1, 0.15) is 37.5 Å². The summed E-state index contributed by atoms with van der Waals surface area (Å²) >= 11 is 0. The first-order chi connectivity index (χ1) is 15.4. The fraction of sp³-hybridized carbons (Fsp3) is 0.259. The van der Waals surface area contributed by atoms with Crippen LogP contribution in [0, 0.1) is 6.57 Å². The van der Waals surface area contributed by atoms with Gasteiger partial charge in [-0.3, -0.25) is 9.80 Å². The molecule has 162 valence electrons. The quantitative estimate of drug-likeness (QED) is 0.507. The van der Waals surface area contributed by atoms with Gasteiger partial charge in [-0.1, -0.05) is 56.3 Å². The van der Waals surface area contributed by atoms with E-state index in [2.05, 4.69) is 18.7 Å². The molecule has 2 amide bonds. The Hall–Kier alpha value is -3.62. The van der Waals surface area contributed by atoms with Crippen molar-refractivity contribution in [1.29, 1.82) is 0 Å². The molecule has 0 saturated carbocycles. The summed E-state index contributed by atoms with van der Waals surface area (Å²) in [6.07, 6.45) is 1.80. The average Bonchev–Trinajstić information content (AvgIpc) is 3.05. The van der Waals surface area contributed by atoms with E-state index in [1.807, 2.05) is 55.5 Å². The molecular weight excluding hydrogens is 398 g/mol. The Bertz CT molecular complexity index is 1160. The Kier molecular flexibility index (Phi) is 5.73. The highest BCUT2D eigenvalue weighted by molar-refractivity contribution is 6.08. The molecule has 1 aliphatic heterocycles. The monoisotopic (exact) mass is 425 g/mol. The molecule has 0 aromatic heterocycles. The lowest BCUT2D eigenvalue weighted by Crippen LogP contribution is -2.48. The maximum absolute atomic E-state index is 13.8. The highest BCUT2D eigenvalue weighted by Gasteiger charge is 2.56. The standard InChI is InChI=1S/C27H27N3O2/c1-5-20-10-14-24(15-11-20)29-19(3)27(32,22-8-7-9-23(18-22)28-4)30(26(29)31)25-16-12-21(6-2)13-17-25/h7-19,32H,5-6H2,1-3H3/t19-,27?/m1/s1. The van der Waals surface area contributed by atoms with E-state index in [1.165, 1.54) is 10.5 Å². The highest BCUT2D eigenvalue weighted by Crippen LogP contribution is 2.45. The van der Waals surface area contributed by atoms with Crippen molar-refractivity contribution in [2.24, 2.45) is 0 Å². The molecule has 1 heterocycles. The molecule has 1 aliphatic rings. The molecule has 3 aromatic carbocycles. The zero-order chi connectivity index (χ0) is 22.9. The lowest BCUT2D eigenvalue weighted by atomic mass is 9.94. The fourth-order valence-corrected chi connectivity index (χ4v) is 4.37. The van der Waals surface area contributed by atoms with E-state index >= 15 is 0 Å². The van der Waals surface area contributed by atoms with Crippen LogP contribution in [-0.4, -0.2) is 17.2 Å². The number of urea groups is 1. The molecule has 5 nitrogen and oxygen atoms in total. The zero-order valence-corrected chi connectivity index (χ0v) is 18.6. The molecule has 4 rings (SSSR count). The van der Waals surface area contributed by atoms with E-state index < -0.39 is 11.8 Å². The van der Waals surface area contributed by atoms with Crippen molar-refractivity contribution in [1.82, 2.24) is 0 Å². The maximum atomic E-state index is 13.8. The van der Waals surface area contributed by atoms with Crippen molar-refractivity contribution in [3.05, 3.63) is 101 Å². The van der Waals surface area contributed by atoms with Crippen LogP contribution in [0.5, 0.6) is 0 Å². The van der Waals surface area contributed by atoms with Crippen molar-refractivity contribution < 1.29 is 9.90 Å². The number of carbonyl (C=O) groups excluding carboxylic acids is 1. The van der Waals surface area contributed by atoms with Gasteiger partial charge in [-0.2, -0.15) is 0 Å². The second-order valence-corrected chi connectivity index (χ2v) is 8.09. The van der Waals surface area contributed by atoms with Crippen LogP contribution < -0.4 is 9.80 Å². The molecule has 0 aliphatic carbocycles. The summed E-state index contributed by atoms with van der Waals surface area (Å²) in [5.41, 5.74) is 2.96. The van der Waals surface area contributed by atoms with Gasteiger partial charge in [-0.25, -0.2) is 9.64 Å². The first-order valence-corrected chi connectivity index (χ1v) is 11.0. The van der Waals surface area contributed by atoms with E-state index in [0.29, 0.717) is 16.9 Å². The van der Waals surface area contributed by atoms with Gasteiger partial charge in [0.2, 0.25) is 0 Å². The minimum absolute atomic E-state index is 0.304. The van der Waals surface area contributed by atoms with Gasteiger partial charge in [0.15, 0.2) is 11.4 Å².